The fourth-order valence-electron chi connectivity index (χ4n) is 1.10. The molecule has 0 aliphatic rings. The molecule has 0 atom stereocenters. The zero-order valence-corrected chi connectivity index (χ0v) is 10.3. The van der Waals surface area contributed by atoms with Crippen molar-refractivity contribution in [2.75, 3.05) is 19.0 Å². The average molecular weight is 272 g/mol. The number of hydrogen-bond donors (Lipinski definition) is 2. The Hall–Kier alpha value is -1.23. The monoisotopic (exact) mass is 271 g/mol. The van der Waals surface area contributed by atoms with E-state index >= 15 is 0 Å². The van der Waals surface area contributed by atoms with Gasteiger partial charge in [0.1, 0.15) is 5.75 Å². The lowest BCUT2D eigenvalue weighted by molar-refractivity contribution is 0.412. The minimum absolute atomic E-state index is 0.412. The summed E-state index contributed by atoms with van der Waals surface area (Å²) in [6, 6.07) is 5.62. The minimum Gasteiger partial charge on any atom is -0.496 e. The van der Waals surface area contributed by atoms with Gasteiger partial charge in [0.2, 0.25) is 0 Å². The van der Waals surface area contributed by atoms with Crippen LogP contribution < -0.4 is 15.8 Å². The molecule has 0 saturated carbocycles. The fraction of sp³-hybridized carbons (Fsp3) is 0.300. The lowest BCUT2D eigenvalue weighted by atomic mass is 10.3. The molecular formula is C10H14BrN3O. The highest BCUT2D eigenvalue weighted by molar-refractivity contribution is 9.10. The van der Waals surface area contributed by atoms with Crippen molar-refractivity contribution >= 4 is 27.6 Å². The Labute approximate surface area is 97.7 Å². The van der Waals surface area contributed by atoms with Gasteiger partial charge in [-0.25, -0.2) is 0 Å². The number of nitrogens with one attached hydrogen (secondary N) is 1. The number of hydrogen-bond acceptors (Lipinski definition) is 2. The summed E-state index contributed by atoms with van der Waals surface area (Å²) in [4.78, 5) is 4.03. The second-order valence-corrected chi connectivity index (χ2v) is 3.69. The predicted molar refractivity (Wildman–Crippen MR) is 66.5 cm³/mol. The number of methoxy groups -OCH3 is 1. The van der Waals surface area contributed by atoms with Crippen molar-refractivity contribution in [1.29, 1.82) is 0 Å². The summed E-state index contributed by atoms with van der Waals surface area (Å²) in [6.07, 6.45) is 0. The van der Waals surface area contributed by atoms with Gasteiger partial charge in [-0.2, -0.15) is 0 Å². The van der Waals surface area contributed by atoms with Crippen LogP contribution in [0.15, 0.2) is 27.7 Å². The molecule has 0 saturated heterocycles. The summed E-state index contributed by atoms with van der Waals surface area (Å²) in [7, 11) is 1.63. The van der Waals surface area contributed by atoms with Gasteiger partial charge in [0, 0.05) is 12.2 Å². The molecule has 15 heavy (non-hydrogen) atoms. The molecule has 1 rings (SSSR count). The maximum absolute atomic E-state index is 5.63. The van der Waals surface area contributed by atoms with Gasteiger partial charge in [0.25, 0.3) is 0 Å². The van der Waals surface area contributed by atoms with Gasteiger partial charge in [0.05, 0.1) is 11.6 Å². The van der Waals surface area contributed by atoms with Gasteiger partial charge >= 0.3 is 0 Å². The number of halogens is 1. The van der Waals surface area contributed by atoms with Crippen LogP contribution in [0.1, 0.15) is 6.92 Å². The van der Waals surface area contributed by atoms with E-state index in [0.29, 0.717) is 12.5 Å². The first-order valence-corrected chi connectivity index (χ1v) is 5.37. The number of benzene rings is 1. The molecular weight excluding hydrogens is 258 g/mol. The van der Waals surface area contributed by atoms with E-state index in [1.165, 1.54) is 0 Å². The van der Waals surface area contributed by atoms with E-state index in [4.69, 9.17) is 10.5 Å². The normalized spacial score (nSPS) is 11.3. The number of guanidine groups is 1. The summed E-state index contributed by atoms with van der Waals surface area (Å²) in [5.74, 6) is 1.20. The topological polar surface area (TPSA) is 59.6 Å². The summed E-state index contributed by atoms with van der Waals surface area (Å²) in [5, 5.41) is 2.98. The third-order valence-electron chi connectivity index (χ3n) is 1.75. The molecule has 0 bridgehead atoms. The Morgan fingerprint density at radius 2 is 2.33 bits per heavy atom. The third kappa shape index (κ3) is 3.43. The van der Waals surface area contributed by atoms with E-state index in [0.717, 1.165) is 15.9 Å². The summed E-state index contributed by atoms with van der Waals surface area (Å²) < 4.78 is 5.99. The first-order chi connectivity index (χ1) is 7.17. The Morgan fingerprint density at radius 1 is 1.60 bits per heavy atom. The lowest BCUT2D eigenvalue weighted by Crippen LogP contribution is -2.22. The van der Waals surface area contributed by atoms with Crippen LogP contribution in [0.4, 0.5) is 5.69 Å². The number of ether oxygens (including phenoxy) is 1. The largest absolute Gasteiger partial charge is 0.496 e. The van der Waals surface area contributed by atoms with Crippen molar-refractivity contribution in [2.24, 2.45) is 10.7 Å². The summed E-state index contributed by atoms with van der Waals surface area (Å²) >= 11 is 3.39. The maximum Gasteiger partial charge on any atom is 0.193 e. The molecule has 3 N–H and O–H groups in total. The molecule has 82 valence electrons. The minimum atomic E-state index is 0.412. The molecule has 1 aromatic carbocycles. The molecule has 0 spiro atoms. The van der Waals surface area contributed by atoms with Crippen molar-refractivity contribution in [3.05, 3.63) is 22.7 Å². The average Bonchev–Trinajstić information content (AvgIpc) is 2.18. The van der Waals surface area contributed by atoms with Crippen LogP contribution in [0.25, 0.3) is 0 Å². The highest BCUT2D eigenvalue weighted by Crippen LogP contribution is 2.27. The molecule has 0 unspecified atom stereocenters. The van der Waals surface area contributed by atoms with E-state index in [1.54, 1.807) is 7.11 Å². The van der Waals surface area contributed by atoms with Crippen LogP contribution in [-0.4, -0.2) is 19.6 Å². The summed E-state index contributed by atoms with van der Waals surface area (Å²) in [6.45, 7) is 2.59. The van der Waals surface area contributed by atoms with Gasteiger partial charge in [-0.3, -0.25) is 4.99 Å². The molecule has 0 radical (unpaired) electrons. The van der Waals surface area contributed by atoms with Crippen LogP contribution in [0.2, 0.25) is 0 Å². The molecule has 0 aromatic heterocycles. The Kier molecular flexibility index (Phi) is 4.42. The van der Waals surface area contributed by atoms with Crippen LogP contribution in [0, 0.1) is 0 Å². The van der Waals surface area contributed by atoms with E-state index in [9.17, 15) is 0 Å². The Bertz CT molecular complexity index is 366. The number of rotatable bonds is 3. The second kappa shape index (κ2) is 5.60. The van der Waals surface area contributed by atoms with Crippen LogP contribution in [0.3, 0.4) is 0 Å². The summed E-state index contributed by atoms with van der Waals surface area (Å²) in [5.41, 5.74) is 6.50. The van der Waals surface area contributed by atoms with Crippen molar-refractivity contribution in [3.8, 4) is 5.75 Å². The third-order valence-corrected chi connectivity index (χ3v) is 2.37. The van der Waals surface area contributed by atoms with Crippen molar-refractivity contribution in [2.45, 2.75) is 6.92 Å². The molecule has 5 heteroatoms. The fourth-order valence-corrected chi connectivity index (χ4v) is 1.64. The molecule has 0 aliphatic carbocycles. The van der Waals surface area contributed by atoms with Gasteiger partial charge < -0.3 is 15.8 Å². The zero-order chi connectivity index (χ0) is 11.3. The molecule has 0 aliphatic heterocycles. The first-order valence-electron chi connectivity index (χ1n) is 4.58. The van der Waals surface area contributed by atoms with Gasteiger partial charge in [0.15, 0.2) is 5.96 Å². The SMILES string of the molecule is CCN=C(N)Nc1ccc(OC)c(Br)c1. The number of anilines is 1. The maximum atomic E-state index is 5.63. The lowest BCUT2D eigenvalue weighted by Gasteiger charge is -2.08. The highest BCUT2D eigenvalue weighted by atomic mass is 79.9. The molecule has 0 amide bonds. The van der Waals surface area contributed by atoms with Crippen LogP contribution in [-0.2, 0) is 0 Å². The Morgan fingerprint density at radius 3 is 2.87 bits per heavy atom. The molecule has 1 aromatic rings. The standard InChI is InChI=1S/C10H14BrN3O/c1-3-13-10(12)14-7-4-5-9(15-2)8(11)6-7/h4-6H,3H2,1-2H3,(H3,12,13,14). The molecule has 0 heterocycles. The quantitative estimate of drug-likeness (QED) is 0.655. The van der Waals surface area contributed by atoms with E-state index in [1.807, 2.05) is 25.1 Å². The van der Waals surface area contributed by atoms with Gasteiger partial charge in [-0.1, -0.05) is 0 Å². The highest BCUT2D eigenvalue weighted by Gasteiger charge is 2.01. The molecule has 4 nitrogen and oxygen atoms in total. The first kappa shape index (κ1) is 11.8. The van der Waals surface area contributed by atoms with E-state index < -0.39 is 0 Å². The number of aliphatic imine (C=N–C) groups is 1. The van der Waals surface area contributed by atoms with Crippen molar-refractivity contribution < 1.29 is 4.74 Å². The van der Waals surface area contributed by atoms with Crippen LogP contribution in [0.5, 0.6) is 5.75 Å². The molecule has 0 fully saturated rings. The predicted octanol–water partition coefficient (Wildman–Crippen LogP) is 2.20. The van der Waals surface area contributed by atoms with Gasteiger partial charge in [-0.05, 0) is 41.1 Å². The van der Waals surface area contributed by atoms with E-state index in [-0.39, 0.29) is 0 Å². The number of nitrogens with two attached hydrogens (primary N) is 1. The van der Waals surface area contributed by atoms with E-state index in [2.05, 4.69) is 26.2 Å². The van der Waals surface area contributed by atoms with Crippen LogP contribution >= 0.6 is 15.9 Å². The second-order valence-electron chi connectivity index (χ2n) is 2.83. The smallest absolute Gasteiger partial charge is 0.193 e. The number of nitrogens with zero attached hydrogens (tertiary/aromatic N) is 1. The van der Waals surface area contributed by atoms with Gasteiger partial charge in [-0.15, -0.1) is 0 Å². The Balaban J connectivity index is 2.80. The van der Waals surface area contributed by atoms with Crippen molar-refractivity contribution in [1.82, 2.24) is 0 Å². The van der Waals surface area contributed by atoms with Crippen molar-refractivity contribution in [3.63, 3.8) is 0 Å². The zero-order valence-electron chi connectivity index (χ0n) is 8.75.